The van der Waals surface area contributed by atoms with Crippen molar-refractivity contribution in [3.8, 4) is 0 Å². The molecule has 5 nitrogen and oxygen atoms in total. The first-order valence-corrected chi connectivity index (χ1v) is 12.4. The third-order valence-corrected chi connectivity index (χ3v) is 7.32. The molecule has 0 aliphatic carbocycles. The summed E-state index contributed by atoms with van der Waals surface area (Å²) < 4.78 is 28.8. The second kappa shape index (κ2) is 9.93. The van der Waals surface area contributed by atoms with Gasteiger partial charge in [-0.25, -0.2) is 8.42 Å². The number of nitrogens with zero attached hydrogens (tertiary/aromatic N) is 1. The van der Waals surface area contributed by atoms with Crippen molar-refractivity contribution in [3.63, 3.8) is 0 Å². The highest BCUT2D eigenvalue weighted by Gasteiger charge is 2.28. The molecule has 0 unspecified atom stereocenters. The zero-order chi connectivity index (χ0) is 24.1. The maximum absolute atomic E-state index is 13.8. The van der Waals surface area contributed by atoms with Gasteiger partial charge < -0.3 is 5.32 Å². The summed E-state index contributed by atoms with van der Waals surface area (Å²) >= 11 is 0. The Morgan fingerprint density at radius 2 is 1.41 bits per heavy atom. The number of nitrogens with one attached hydrogen (secondary N) is 1. The Hall–Kier alpha value is -3.90. The van der Waals surface area contributed by atoms with Crippen LogP contribution in [0.2, 0.25) is 0 Å². The van der Waals surface area contributed by atoms with E-state index in [-0.39, 0.29) is 22.9 Å². The van der Waals surface area contributed by atoms with Gasteiger partial charge in [0, 0.05) is 5.69 Å². The Morgan fingerprint density at radius 3 is 2.09 bits per heavy atom. The molecule has 0 radical (unpaired) electrons. The number of anilines is 2. The molecule has 4 rings (SSSR count). The number of para-hydroxylation sites is 1. The summed E-state index contributed by atoms with van der Waals surface area (Å²) in [7, 11) is -3.94. The van der Waals surface area contributed by atoms with Gasteiger partial charge in [-0.05, 0) is 55.3 Å². The molecule has 0 atom stereocenters. The van der Waals surface area contributed by atoms with Crippen molar-refractivity contribution in [2.45, 2.75) is 25.3 Å². The summed E-state index contributed by atoms with van der Waals surface area (Å²) in [6.07, 6.45) is 0. The summed E-state index contributed by atoms with van der Waals surface area (Å²) in [5.74, 6) is -0.371. The standard InChI is InChI=1S/C28H26N2O3S/c1-21-17-18-26(22(2)19-21)29-28(31)25-15-9-10-16-27(25)30(20-23-11-5-3-6-12-23)34(32,33)24-13-7-4-8-14-24/h3-19H,20H2,1-2H3,(H,29,31). The van der Waals surface area contributed by atoms with E-state index in [1.165, 1.54) is 4.31 Å². The molecule has 0 saturated heterocycles. The van der Waals surface area contributed by atoms with Gasteiger partial charge in [0.15, 0.2) is 0 Å². The van der Waals surface area contributed by atoms with E-state index >= 15 is 0 Å². The lowest BCUT2D eigenvalue weighted by atomic mass is 10.1. The van der Waals surface area contributed by atoms with E-state index in [9.17, 15) is 13.2 Å². The summed E-state index contributed by atoms with van der Waals surface area (Å²) in [5, 5.41) is 2.94. The molecule has 0 heterocycles. The van der Waals surface area contributed by atoms with Crippen LogP contribution in [0.4, 0.5) is 11.4 Å². The fourth-order valence-electron chi connectivity index (χ4n) is 3.80. The topological polar surface area (TPSA) is 66.5 Å². The zero-order valence-corrected chi connectivity index (χ0v) is 19.9. The highest BCUT2D eigenvalue weighted by atomic mass is 32.2. The maximum Gasteiger partial charge on any atom is 0.264 e. The van der Waals surface area contributed by atoms with Crippen LogP contribution in [0.1, 0.15) is 27.0 Å². The van der Waals surface area contributed by atoms with E-state index in [1.807, 2.05) is 62.4 Å². The van der Waals surface area contributed by atoms with Gasteiger partial charge in [0.25, 0.3) is 15.9 Å². The predicted octanol–water partition coefficient (Wildman–Crippen LogP) is 5.95. The third-order valence-electron chi connectivity index (χ3n) is 5.55. The lowest BCUT2D eigenvalue weighted by Crippen LogP contribution is -2.32. The lowest BCUT2D eigenvalue weighted by Gasteiger charge is -2.26. The van der Waals surface area contributed by atoms with Gasteiger partial charge in [-0.3, -0.25) is 9.10 Å². The monoisotopic (exact) mass is 470 g/mol. The molecule has 1 amide bonds. The van der Waals surface area contributed by atoms with E-state index in [1.54, 1.807) is 54.6 Å². The quantitative estimate of drug-likeness (QED) is 0.363. The van der Waals surface area contributed by atoms with Gasteiger partial charge in [0.05, 0.1) is 22.7 Å². The van der Waals surface area contributed by atoms with Gasteiger partial charge in [-0.2, -0.15) is 0 Å². The van der Waals surface area contributed by atoms with Crippen LogP contribution in [0.5, 0.6) is 0 Å². The maximum atomic E-state index is 13.8. The number of amides is 1. The molecule has 0 spiro atoms. The van der Waals surface area contributed by atoms with Crippen LogP contribution in [0.25, 0.3) is 0 Å². The number of hydrogen-bond acceptors (Lipinski definition) is 3. The minimum atomic E-state index is -3.94. The normalized spacial score (nSPS) is 11.1. The Labute approximate surface area is 200 Å². The van der Waals surface area contributed by atoms with Crippen molar-refractivity contribution in [1.29, 1.82) is 0 Å². The number of benzene rings is 4. The number of hydrogen-bond donors (Lipinski definition) is 1. The number of carbonyl (C=O) groups is 1. The highest BCUT2D eigenvalue weighted by molar-refractivity contribution is 7.92. The fraction of sp³-hybridized carbons (Fsp3) is 0.107. The minimum absolute atomic E-state index is 0.0892. The second-order valence-electron chi connectivity index (χ2n) is 8.10. The van der Waals surface area contributed by atoms with E-state index < -0.39 is 10.0 Å². The average Bonchev–Trinajstić information content (AvgIpc) is 2.85. The first-order valence-electron chi connectivity index (χ1n) is 11.0. The van der Waals surface area contributed by atoms with Crippen LogP contribution in [0.3, 0.4) is 0 Å². The molecule has 0 fully saturated rings. The summed E-state index contributed by atoms with van der Waals surface area (Å²) in [6.45, 7) is 4.01. The molecule has 4 aromatic carbocycles. The summed E-state index contributed by atoms with van der Waals surface area (Å²) in [6, 6.07) is 30.2. The first-order chi connectivity index (χ1) is 16.4. The van der Waals surface area contributed by atoms with Crippen molar-refractivity contribution in [1.82, 2.24) is 0 Å². The molecule has 34 heavy (non-hydrogen) atoms. The van der Waals surface area contributed by atoms with Gasteiger partial charge in [0.2, 0.25) is 0 Å². The fourth-order valence-corrected chi connectivity index (χ4v) is 5.29. The average molecular weight is 471 g/mol. The molecular formula is C28H26N2O3S. The Morgan fingerprint density at radius 1 is 0.794 bits per heavy atom. The lowest BCUT2D eigenvalue weighted by molar-refractivity contribution is 0.102. The zero-order valence-electron chi connectivity index (χ0n) is 19.1. The number of carbonyl (C=O) groups excluding carboxylic acids is 1. The van der Waals surface area contributed by atoms with Crippen LogP contribution in [0, 0.1) is 13.8 Å². The van der Waals surface area contributed by atoms with Crippen molar-refractivity contribution in [2.24, 2.45) is 0 Å². The van der Waals surface area contributed by atoms with Crippen LogP contribution in [0.15, 0.2) is 108 Å². The summed E-state index contributed by atoms with van der Waals surface area (Å²) in [4.78, 5) is 13.5. The van der Waals surface area contributed by atoms with E-state index in [4.69, 9.17) is 0 Å². The summed E-state index contributed by atoms with van der Waals surface area (Å²) in [5.41, 5.74) is 4.12. The van der Waals surface area contributed by atoms with Crippen molar-refractivity contribution >= 4 is 27.3 Å². The minimum Gasteiger partial charge on any atom is -0.322 e. The van der Waals surface area contributed by atoms with Crippen molar-refractivity contribution in [3.05, 3.63) is 125 Å². The smallest absolute Gasteiger partial charge is 0.264 e. The molecule has 0 aliphatic rings. The first kappa shape index (κ1) is 23.3. The van der Waals surface area contributed by atoms with Crippen LogP contribution >= 0.6 is 0 Å². The van der Waals surface area contributed by atoms with Crippen molar-refractivity contribution < 1.29 is 13.2 Å². The van der Waals surface area contributed by atoms with Gasteiger partial charge in [0.1, 0.15) is 0 Å². The van der Waals surface area contributed by atoms with Crippen LogP contribution in [-0.2, 0) is 16.6 Å². The van der Waals surface area contributed by atoms with E-state index in [2.05, 4.69) is 5.32 Å². The van der Waals surface area contributed by atoms with E-state index in [0.717, 1.165) is 16.7 Å². The predicted molar refractivity (Wildman–Crippen MR) is 137 cm³/mol. The molecule has 1 N–H and O–H groups in total. The van der Waals surface area contributed by atoms with Crippen molar-refractivity contribution in [2.75, 3.05) is 9.62 Å². The van der Waals surface area contributed by atoms with Crippen LogP contribution < -0.4 is 9.62 Å². The molecular weight excluding hydrogens is 444 g/mol. The van der Waals surface area contributed by atoms with E-state index in [0.29, 0.717) is 11.4 Å². The highest BCUT2D eigenvalue weighted by Crippen LogP contribution is 2.30. The molecule has 0 saturated carbocycles. The molecule has 4 aromatic rings. The molecule has 0 aromatic heterocycles. The Bertz CT molecular complexity index is 1400. The molecule has 172 valence electrons. The third kappa shape index (κ3) is 5.02. The molecule has 0 aliphatic heterocycles. The number of aryl methyl sites for hydroxylation is 2. The molecule has 6 heteroatoms. The SMILES string of the molecule is Cc1ccc(NC(=O)c2ccccc2N(Cc2ccccc2)S(=O)(=O)c2ccccc2)c(C)c1. The van der Waals surface area contributed by atoms with Gasteiger partial charge in [-0.15, -0.1) is 0 Å². The second-order valence-corrected chi connectivity index (χ2v) is 9.96. The molecule has 0 bridgehead atoms. The number of rotatable bonds is 7. The number of sulfonamides is 1. The van der Waals surface area contributed by atoms with Crippen LogP contribution in [-0.4, -0.2) is 14.3 Å². The van der Waals surface area contributed by atoms with Gasteiger partial charge in [-0.1, -0.05) is 78.4 Å². The Kier molecular flexibility index (Phi) is 6.80. The Balaban J connectivity index is 1.78. The largest absolute Gasteiger partial charge is 0.322 e. The van der Waals surface area contributed by atoms with Gasteiger partial charge >= 0.3 is 0 Å².